The molecule has 0 fully saturated rings. The molecule has 0 spiro atoms. The van der Waals surface area contributed by atoms with Gasteiger partial charge in [-0.15, -0.1) is 0 Å². The van der Waals surface area contributed by atoms with Gasteiger partial charge in [-0.2, -0.15) is 5.26 Å². The number of nitrogens with zero attached hydrogens (tertiary/aromatic N) is 1. The van der Waals surface area contributed by atoms with E-state index in [1.807, 2.05) is 39.0 Å². The molecule has 0 aliphatic rings. The molecule has 0 radical (unpaired) electrons. The van der Waals surface area contributed by atoms with Gasteiger partial charge in [0, 0.05) is 0 Å². The predicted octanol–water partition coefficient (Wildman–Crippen LogP) is 2.65. The van der Waals surface area contributed by atoms with Crippen molar-refractivity contribution in [1.82, 2.24) is 5.32 Å². The quantitative estimate of drug-likeness (QED) is 0.885. The summed E-state index contributed by atoms with van der Waals surface area (Å²) in [5.41, 5.74) is 2.61. The van der Waals surface area contributed by atoms with Gasteiger partial charge in [-0.1, -0.05) is 25.1 Å². The minimum atomic E-state index is -0.767. The molecule has 0 saturated carbocycles. The Morgan fingerprint density at radius 1 is 1.39 bits per heavy atom. The molecule has 3 heteroatoms. The van der Waals surface area contributed by atoms with Gasteiger partial charge in [0.2, 0.25) is 5.91 Å². The first-order chi connectivity index (χ1) is 8.40. The molecule has 1 unspecified atom stereocenters. The molecular weight excluding hydrogens is 224 g/mol. The Kier molecular flexibility index (Phi) is 4.49. The van der Waals surface area contributed by atoms with E-state index in [4.69, 9.17) is 5.26 Å². The first-order valence-corrected chi connectivity index (χ1v) is 6.18. The Labute approximate surface area is 109 Å². The maximum Gasteiger partial charge on any atom is 0.225 e. The fourth-order valence-corrected chi connectivity index (χ4v) is 1.65. The second-order valence-electron chi connectivity index (χ2n) is 4.94. The van der Waals surface area contributed by atoms with Gasteiger partial charge >= 0.3 is 0 Å². The summed E-state index contributed by atoms with van der Waals surface area (Å²) in [5, 5.41) is 11.8. The van der Waals surface area contributed by atoms with Crippen LogP contribution in [0.2, 0.25) is 0 Å². The molecule has 1 rings (SSSR count). The van der Waals surface area contributed by atoms with Gasteiger partial charge in [-0.05, 0) is 43.9 Å². The van der Waals surface area contributed by atoms with Crippen molar-refractivity contribution < 1.29 is 4.79 Å². The Bertz CT molecular complexity index is 488. The molecule has 1 N–H and O–H groups in total. The lowest BCUT2D eigenvalue weighted by Crippen LogP contribution is -2.44. The fourth-order valence-electron chi connectivity index (χ4n) is 1.65. The SMILES string of the molecule is CCC(C)(C#N)NC(=O)Cc1ccc(C)c(C)c1. The van der Waals surface area contributed by atoms with Crippen LogP contribution in [0, 0.1) is 25.2 Å². The number of hydrogen-bond acceptors (Lipinski definition) is 2. The summed E-state index contributed by atoms with van der Waals surface area (Å²) in [6.45, 7) is 7.70. The molecular formula is C15H20N2O. The van der Waals surface area contributed by atoms with Gasteiger partial charge in [0.25, 0.3) is 0 Å². The zero-order valence-electron chi connectivity index (χ0n) is 11.5. The molecule has 1 atom stereocenters. The highest BCUT2D eigenvalue weighted by molar-refractivity contribution is 5.79. The maximum absolute atomic E-state index is 11.9. The summed E-state index contributed by atoms with van der Waals surface area (Å²) in [6.07, 6.45) is 0.917. The highest BCUT2D eigenvalue weighted by Crippen LogP contribution is 2.12. The standard InChI is InChI=1S/C15H20N2O/c1-5-15(4,10-16)17-14(18)9-13-7-6-11(2)12(3)8-13/h6-8H,5,9H2,1-4H3,(H,17,18). The fraction of sp³-hybridized carbons (Fsp3) is 0.467. The minimum absolute atomic E-state index is 0.107. The van der Waals surface area contributed by atoms with E-state index >= 15 is 0 Å². The third kappa shape index (κ3) is 3.59. The lowest BCUT2D eigenvalue weighted by atomic mass is 9.99. The second kappa shape index (κ2) is 5.68. The van der Waals surface area contributed by atoms with Crippen molar-refractivity contribution in [2.75, 3.05) is 0 Å². The summed E-state index contributed by atoms with van der Waals surface area (Å²) in [4.78, 5) is 11.9. The van der Waals surface area contributed by atoms with Crippen LogP contribution >= 0.6 is 0 Å². The van der Waals surface area contributed by atoms with E-state index in [1.165, 1.54) is 11.1 Å². The van der Waals surface area contributed by atoms with E-state index in [1.54, 1.807) is 6.92 Å². The normalized spacial score (nSPS) is 13.5. The number of hydrogen-bond donors (Lipinski definition) is 1. The van der Waals surface area contributed by atoms with Crippen molar-refractivity contribution in [3.05, 3.63) is 34.9 Å². The van der Waals surface area contributed by atoms with Crippen LogP contribution < -0.4 is 5.32 Å². The Morgan fingerprint density at radius 3 is 2.56 bits per heavy atom. The van der Waals surface area contributed by atoms with Crippen LogP contribution in [0.15, 0.2) is 18.2 Å². The molecule has 96 valence electrons. The van der Waals surface area contributed by atoms with E-state index in [0.717, 1.165) is 5.56 Å². The van der Waals surface area contributed by atoms with E-state index in [0.29, 0.717) is 12.8 Å². The summed E-state index contributed by atoms with van der Waals surface area (Å²) in [6, 6.07) is 8.12. The number of nitrogens with one attached hydrogen (secondary N) is 1. The van der Waals surface area contributed by atoms with Crippen molar-refractivity contribution in [2.24, 2.45) is 0 Å². The summed E-state index contributed by atoms with van der Waals surface area (Å²) < 4.78 is 0. The topological polar surface area (TPSA) is 52.9 Å². The molecule has 1 aromatic carbocycles. The average Bonchev–Trinajstić information content (AvgIpc) is 2.33. The van der Waals surface area contributed by atoms with Crippen LogP contribution in [0.25, 0.3) is 0 Å². The smallest absolute Gasteiger partial charge is 0.225 e. The molecule has 0 saturated heterocycles. The summed E-state index contributed by atoms with van der Waals surface area (Å²) in [7, 11) is 0. The number of carbonyl (C=O) groups is 1. The van der Waals surface area contributed by atoms with E-state index in [-0.39, 0.29) is 5.91 Å². The molecule has 3 nitrogen and oxygen atoms in total. The van der Waals surface area contributed by atoms with Crippen molar-refractivity contribution in [2.45, 2.75) is 46.1 Å². The number of amides is 1. The Hall–Kier alpha value is -1.82. The zero-order valence-corrected chi connectivity index (χ0v) is 11.5. The van der Waals surface area contributed by atoms with Gasteiger partial charge in [0.05, 0.1) is 12.5 Å². The number of carbonyl (C=O) groups excluding carboxylic acids is 1. The highest BCUT2D eigenvalue weighted by atomic mass is 16.1. The van der Waals surface area contributed by atoms with Crippen LogP contribution in [-0.4, -0.2) is 11.4 Å². The molecule has 18 heavy (non-hydrogen) atoms. The third-order valence-electron chi connectivity index (χ3n) is 3.31. The molecule has 0 aromatic heterocycles. The van der Waals surface area contributed by atoms with Crippen molar-refractivity contribution in [3.63, 3.8) is 0 Å². The van der Waals surface area contributed by atoms with Crippen molar-refractivity contribution in [1.29, 1.82) is 5.26 Å². The van der Waals surface area contributed by atoms with E-state index in [2.05, 4.69) is 11.4 Å². The molecule has 0 aliphatic heterocycles. The maximum atomic E-state index is 11.9. The molecule has 1 amide bonds. The molecule has 0 bridgehead atoms. The second-order valence-corrected chi connectivity index (χ2v) is 4.94. The Balaban J connectivity index is 2.71. The average molecular weight is 244 g/mol. The summed E-state index contributed by atoms with van der Waals surface area (Å²) in [5.74, 6) is -0.107. The van der Waals surface area contributed by atoms with Crippen LogP contribution in [-0.2, 0) is 11.2 Å². The lowest BCUT2D eigenvalue weighted by molar-refractivity contribution is -0.121. The minimum Gasteiger partial charge on any atom is -0.338 e. The number of aryl methyl sites for hydroxylation is 2. The number of nitriles is 1. The molecule has 1 aromatic rings. The van der Waals surface area contributed by atoms with Crippen LogP contribution in [0.1, 0.15) is 37.0 Å². The summed E-state index contributed by atoms with van der Waals surface area (Å²) >= 11 is 0. The first-order valence-electron chi connectivity index (χ1n) is 6.18. The van der Waals surface area contributed by atoms with Crippen molar-refractivity contribution in [3.8, 4) is 6.07 Å². The predicted molar refractivity (Wildman–Crippen MR) is 72.1 cm³/mol. The zero-order chi connectivity index (χ0) is 13.8. The van der Waals surface area contributed by atoms with E-state index < -0.39 is 5.54 Å². The van der Waals surface area contributed by atoms with E-state index in [9.17, 15) is 4.79 Å². The third-order valence-corrected chi connectivity index (χ3v) is 3.31. The molecule has 0 heterocycles. The monoisotopic (exact) mass is 244 g/mol. The van der Waals surface area contributed by atoms with Gasteiger partial charge in [0.15, 0.2) is 0 Å². The van der Waals surface area contributed by atoms with Crippen LogP contribution in [0.3, 0.4) is 0 Å². The largest absolute Gasteiger partial charge is 0.338 e. The number of rotatable bonds is 4. The van der Waals surface area contributed by atoms with Gasteiger partial charge in [-0.3, -0.25) is 4.79 Å². The Morgan fingerprint density at radius 2 is 2.06 bits per heavy atom. The van der Waals surface area contributed by atoms with Gasteiger partial charge in [-0.25, -0.2) is 0 Å². The van der Waals surface area contributed by atoms with Crippen molar-refractivity contribution >= 4 is 5.91 Å². The first kappa shape index (κ1) is 14.2. The van der Waals surface area contributed by atoms with Crippen LogP contribution in [0.5, 0.6) is 0 Å². The molecule has 0 aliphatic carbocycles. The van der Waals surface area contributed by atoms with Gasteiger partial charge < -0.3 is 5.32 Å². The highest BCUT2D eigenvalue weighted by Gasteiger charge is 2.23. The number of benzene rings is 1. The van der Waals surface area contributed by atoms with Crippen LogP contribution in [0.4, 0.5) is 0 Å². The van der Waals surface area contributed by atoms with Gasteiger partial charge in [0.1, 0.15) is 5.54 Å². The lowest BCUT2D eigenvalue weighted by Gasteiger charge is -2.21.